The molecule has 1 nitrogen and oxygen atoms in total. The second kappa shape index (κ2) is 7.28. The normalized spacial score (nSPS) is 12.4. The van der Waals surface area contributed by atoms with Crippen molar-refractivity contribution in [3.8, 4) is 0 Å². The van der Waals surface area contributed by atoms with Gasteiger partial charge in [0.1, 0.15) is 0 Å². The van der Waals surface area contributed by atoms with Crippen LogP contribution in [0.4, 0.5) is 0 Å². The van der Waals surface area contributed by atoms with E-state index in [1.54, 1.807) is 6.07 Å². The molecule has 0 aliphatic rings. The summed E-state index contributed by atoms with van der Waals surface area (Å²) in [6.07, 6.45) is 0.774. The standard InChI is InChI=1S/C15H13Br2Cl2N/c1-20-14(11-6-5-10(16)8-12(11)17)7-9-3-2-4-13(18)15(9)19/h2-6,8,14,20H,7H2,1H3. The molecule has 0 bridgehead atoms. The fraction of sp³-hybridized carbons (Fsp3) is 0.200. The summed E-state index contributed by atoms with van der Waals surface area (Å²) in [5.74, 6) is 0. The summed E-state index contributed by atoms with van der Waals surface area (Å²) < 4.78 is 2.10. The van der Waals surface area contributed by atoms with Gasteiger partial charge in [0.05, 0.1) is 10.0 Å². The van der Waals surface area contributed by atoms with Gasteiger partial charge in [-0.2, -0.15) is 0 Å². The van der Waals surface area contributed by atoms with E-state index >= 15 is 0 Å². The van der Waals surface area contributed by atoms with E-state index in [1.165, 1.54) is 5.56 Å². The van der Waals surface area contributed by atoms with E-state index in [9.17, 15) is 0 Å². The highest BCUT2D eigenvalue weighted by molar-refractivity contribution is 9.11. The van der Waals surface area contributed by atoms with Crippen LogP contribution in [0.15, 0.2) is 45.3 Å². The quantitative estimate of drug-likeness (QED) is 0.616. The van der Waals surface area contributed by atoms with Gasteiger partial charge in [0.25, 0.3) is 0 Å². The third-order valence-electron chi connectivity index (χ3n) is 3.14. The summed E-state index contributed by atoms with van der Waals surface area (Å²) in [5.41, 5.74) is 2.22. The van der Waals surface area contributed by atoms with E-state index in [4.69, 9.17) is 23.2 Å². The zero-order chi connectivity index (χ0) is 14.7. The summed E-state index contributed by atoms with van der Waals surface area (Å²) in [6, 6.07) is 12.1. The van der Waals surface area contributed by atoms with E-state index < -0.39 is 0 Å². The smallest absolute Gasteiger partial charge is 0.0624 e. The zero-order valence-corrected chi connectivity index (χ0v) is 15.4. The van der Waals surface area contributed by atoms with Gasteiger partial charge in [0.2, 0.25) is 0 Å². The van der Waals surface area contributed by atoms with E-state index in [-0.39, 0.29) is 6.04 Å². The maximum absolute atomic E-state index is 6.27. The van der Waals surface area contributed by atoms with Gasteiger partial charge in [-0.3, -0.25) is 0 Å². The number of likely N-dealkylation sites (N-methyl/N-ethyl adjacent to an activating group) is 1. The second-order valence-electron chi connectivity index (χ2n) is 4.42. The highest BCUT2D eigenvalue weighted by Crippen LogP contribution is 2.32. The van der Waals surface area contributed by atoms with Crippen molar-refractivity contribution in [3.63, 3.8) is 0 Å². The Morgan fingerprint density at radius 2 is 1.90 bits per heavy atom. The lowest BCUT2D eigenvalue weighted by Crippen LogP contribution is -2.19. The van der Waals surface area contributed by atoms with Crippen molar-refractivity contribution in [2.75, 3.05) is 7.05 Å². The molecule has 20 heavy (non-hydrogen) atoms. The van der Waals surface area contributed by atoms with Crippen molar-refractivity contribution in [3.05, 3.63) is 66.5 Å². The lowest BCUT2D eigenvalue weighted by atomic mass is 9.99. The minimum Gasteiger partial charge on any atom is -0.313 e. The number of hydrogen-bond donors (Lipinski definition) is 1. The van der Waals surface area contributed by atoms with Crippen LogP contribution in [0.25, 0.3) is 0 Å². The first-order chi connectivity index (χ1) is 9.52. The van der Waals surface area contributed by atoms with Crippen LogP contribution < -0.4 is 5.32 Å². The van der Waals surface area contributed by atoms with Crippen molar-refractivity contribution in [2.45, 2.75) is 12.5 Å². The first-order valence-corrected chi connectivity index (χ1v) is 8.42. The Kier molecular flexibility index (Phi) is 5.94. The van der Waals surface area contributed by atoms with Crippen molar-refractivity contribution in [1.82, 2.24) is 5.32 Å². The molecule has 0 aromatic heterocycles. The van der Waals surface area contributed by atoms with Gasteiger partial charge in [0, 0.05) is 15.0 Å². The lowest BCUT2D eigenvalue weighted by Gasteiger charge is -2.19. The molecule has 0 radical (unpaired) electrons. The minimum atomic E-state index is 0.161. The maximum Gasteiger partial charge on any atom is 0.0624 e. The van der Waals surface area contributed by atoms with Crippen molar-refractivity contribution >= 4 is 55.1 Å². The second-order valence-corrected chi connectivity index (χ2v) is 6.98. The van der Waals surface area contributed by atoms with Crippen LogP contribution in [0.3, 0.4) is 0 Å². The summed E-state index contributed by atoms with van der Waals surface area (Å²) in [4.78, 5) is 0. The Morgan fingerprint density at radius 1 is 1.15 bits per heavy atom. The fourth-order valence-corrected chi connectivity index (χ4v) is 3.80. The molecule has 0 fully saturated rings. The zero-order valence-electron chi connectivity index (χ0n) is 10.8. The topological polar surface area (TPSA) is 12.0 Å². The predicted molar refractivity (Wildman–Crippen MR) is 93.8 cm³/mol. The van der Waals surface area contributed by atoms with Crippen molar-refractivity contribution in [1.29, 1.82) is 0 Å². The fourth-order valence-electron chi connectivity index (χ4n) is 2.08. The summed E-state index contributed by atoms with van der Waals surface area (Å²) in [7, 11) is 1.94. The third-order valence-corrected chi connectivity index (χ3v) is 5.18. The third kappa shape index (κ3) is 3.77. The molecule has 1 atom stereocenters. The van der Waals surface area contributed by atoms with E-state index in [2.05, 4.69) is 43.2 Å². The molecule has 0 heterocycles. The molecule has 1 N–H and O–H groups in total. The minimum absolute atomic E-state index is 0.161. The van der Waals surface area contributed by atoms with Gasteiger partial charge in [-0.15, -0.1) is 0 Å². The molecule has 2 aromatic rings. The highest BCUT2D eigenvalue weighted by atomic mass is 79.9. The Labute approximate surface area is 145 Å². The Hall–Kier alpha value is -0.0600. The van der Waals surface area contributed by atoms with Gasteiger partial charge in [-0.1, -0.05) is 73.3 Å². The largest absolute Gasteiger partial charge is 0.313 e. The molecule has 0 aliphatic heterocycles. The summed E-state index contributed by atoms with van der Waals surface area (Å²) in [5, 5.41) is 4.55. The lowest BCUT2D eigenvalue weighted by molar-refractivity contribution is 0.590. The molecular weight excluding hydrogens is 425 g/mol. The van der Waals surface area contributed by atoms with Gasteiger partial charge < -0.3 is 5.32 Å². The van der Waals surface area contributed by atoms with Gasteiger partial charge in [-0.25, -0.2) is 0 Å². The van der Waals surface area contributed by atoms with Gasteiger partial charge in [0.15, 0.2) is 0 Å². The number of rotatable bonds is 4. The average Bonchev–Trinajstić information content (AvgIpc) is 2.41. The first-order valence-electron chi connectivity index (χ1n) is 6.08. The predicted octanol–water partition coefficient (Wildman–Crippen LogP) is 6.02. The first kappa shape index (κ1) is 16.3. The van der Waals surface area contributed by atoms with Crippen LogP contribution in [0.5, 0.6) is 0 Å². The molecule has 0 saturated heterocycles. The molecule has 0 saturated carbocycles. The van der Waals surface area contributed by atoms with Crippen LogP contribution in [0.1, 0.15) is 17.2 Å². The molecular formula is C15H13Br2Cl2N. The molecule has 2 aromatic carbocycles. The number of nitrogens with one attached hydrogen (secondary N) is 1. The average molecular weight is 438 g/mol. The van der Waals surface area contributed by atoms with E-state index in [1.807, 2.05) is 31.3 Å². The van der Waals surface area contributed by atoms with Crippen LogP contribution >= 0.6 is 55.1 Å². The van der Waals surface area contributed by atoms with Crippen LogP contribution in [0.2, 0.25) is 10.0 Å². The van der Waals surface area contributed by atoms with Crippen LogP contribution in [0, 0.1) is 0 Å². The molecule has 0 aliphatic carbocycles. The maximum atomic E-state index is 6.27. The Balaban J connectivity index is 2.31. The molecule has 5 heteroatoms. The Bertz CT molecular complexity index is 617. The number of halogens is 4. The van der Waals surface area contributed by atoms with Gasteiger partial charge in [-0.05, 0) is 42.8 Å². The number of hydrogen-bond acceptors (Lipinski definition) is 1. The molecule has 1 unspecified atom stereocenters. The molecule has 2 rings (SSSR count). The molecule has 0 amide bonds. The SMILES string of the molecule is CNC(Cc1cccc(Cl)c1Cl)c1ccc(Br)cc1Br. The monoisotopic (exact) mass is 435 g/mol. The van der Waals surface area contributed by atoms with Crippen LogP contribution in [-0.4, -0.2) is 7.05 Å². The van der Waals surface area contributed by atoms with Crippen molar-refractivity contribution in [2.24, 2.45) is 0 Å². The van der Waals surface area contributed by atoms with E-state index in [0.717, 1.165) is 20.9 Å². The van der Waals surface area contributed by atoms with Crippen LogP contribution in [-0.2, 0) is 6.42 Å². The van der Waals surface area contributed by atoms with Crippen molar-refractivity contribution < 1.29 is 0 Å². The highest BCUT2D eigenvalue weighted by Gasteiger charge is 2.16. The van der Waals surface area contributed by atoms with Gasteiger partial charge >= 0.3 is 0 Å². The molecule has 106 valence electrons. The number of benzene rings is 2. The Morgan fingerprint density at radius 3 is 2.55 bits per heavy atom. The van der Waals surface area contributed by atoms with E-state index in [0.29, 0.717) is 10.0 Å². The molecule has 0 spiro atoms. The summed E-state index contributed by atoms with van der Waals surface area (Å²) in [6.45, 7) is 0. The summed E-state index contributed by atoms with van der Waals surface area (Å²) >= 11 is 19.4.